The van der Waals surface area contributed by atoms with E-state index in [1.165, 1.54) is 0 Å². The minimum absolute atomic E-state index is 0.0101. The van der Waals surface area contributed by atoms with Crippen LogP contribution in [0, 0.1) is 17.6 Å². The van der Waals surface area contributed by atoms with Gasteiger partial charge in [0.05, 0.1) is 12.7 Å². The zero-order valence-electron chi connectivity index (χ0n) is 16.1. The van der Waals surface area contributed by atoms with Gasteiger partial charge in [-0.2, -0.15) is 8.78 Å². The highest BCUT2D eigenvalue weighted by atomic mass is 19.3. The lowest BCUT2D eigenvalue weighted by molar-refractivity contribution is -0.211. The maximum absolute atomic E-state index is 14.1. The molecule has 0 radical (unpaired) electrons. The van der Waals surface area contributed by atoms with Gasteiger partial charge in [0.2, 0.25) is 0 Å². The first-order valence-electron chi connectivity index (χ1n) is 9.81. The lowest BCUT2D eigenvalue weighted by Crippen LogP contribution is -2.36. The van der Waals surface area contributed by atoms with Crippen molar-refractivity contribution >= 4 is 5.97 Å². The molecule has 1 aromatic rings. The summed E-state index contributed by atoms with van der Waals surface area (Å²) < 4.78 is 65.0. The van der Waals surface area contributed by atoms with E-state index in [4.69, 9.17) is 9.84 Å². The highest BCUT2D eigenvalue weighted by molar-refractivity contribution is 5.74. The molecule has 1 aliphatic heterocycles. The third-order valence-electron chi connectivity index (χ3n) is 5.83. The number of halogens is 4. The second-order valence-electron chi connectivity index (χ2n) is 7.86. The smallest absolute Gasteiger partial charge is 0.474 e. The van der Waals surface area contributed by atoms with Gasteiger partial charge >= 0.3 is 12.1 Å². The maximum Gasteiger partial charge on any atom is 0.502 e. The molecule has 9 heteroatoms. The van der Waals surface area contributed by atoms with Crippen molar-refractivity contribution in [2.75, 3.05) is 13.2 Å². The Labute approximate surface area is 166 Å². The molecule has 0 aromatic heterocycles. The first-order valence-corrected chi connectivity index (χ1v) is 9.81. The van der Waals surface area contributed by atoms with Crippen molar-refractivity contribution in [2.24, 2.45) is 5.92 Å². The number of benzene rings is 1. The van der Waals surface area contributed by atoms with Crippen LogP contribution >= 0.6 is 0 Å². The standard InChI is InChI=1S/C20H25F4NO4/c1-11-6-7-25-17(11)10-28-14-4-2-12(3-5-14)15-8-13(21)9-16(22)18(15)29-20(23,24)19(26)27/h8-9,11-12,14,17,25H,2-7,10H2,1H3,(H,26,27)/t11-,12?,14?,17-/m0/s1. The molecular weight excluding hydrogens is 394 g/mol. The van der Waals surface area contributed by atoms with Crippen LogP contribution in [0.25, 0.3) is 0 Å². The van der Waals surface area contributed by atoms with Crippen molar-refractivity contribution in [3.8, 4) is 5.75 Å². The first kappa shape index (κ1) is 21.8. The summed E-state index contributed by atoms with van der Waals surface area (Å²) in [5, 5.41) is 11.9. The minimum Gasteiger partial charge on any atom is -0.474 e. The number of ether oxygens (including phenoxy) is 2. The van der Waals surface area contributed by atoms with Crippen LogP contribution in [0.15, 0.2) is 12.1 Å². The SMILES string of the molecule is C[C@H]1CCN[C@H]1COC1CCC(c2cc(F)cc(F)c2OC(F)(F)C(=O)O)CC1. The van der Waals surface area contributed by atoms with Crippen LogP contribution in [0.2, 0.25) is 0 Å². The Hall–Kier alpha value is -1.87. The molecule has 5 nitrogen and oxygen atoms in total. The summed E-state index contributed by atoms with van der Waals surface area (Å²) in [5.74, 6) is -5.62. The predicted octanol–water partition coefficient (Wildman–Crippen LogP) is 4.06. The summed E-state index contributed by atoms with van der Waals surface area (Å²) in [6.45, 7) is 3.72. The largest absolute Gasteiger partial charge is 0.502 e. The molecule has 2 atom stereocenters. The molecule has 29 heavy (non-hydrogen) atoms. The van der Waals surface area contributed by atoms with Crippen molar-refractivity contribution in [1.82, 2.24) is 5.32 Å². The molecular formula is C20H25F4NO4. The number of alkyl halides is 2. The van der Waals surface area contributed by atoms with Crippen LogP contribution in [0.5, 0.6) is 5.75 Å². The lowest BCUT2D eigenvalue weighted by Gasteiger charge is -2.31. The van der Waals surface area contributed by atoms with Crippen LogP contribution in [0.1, 0.15) is 50.5 Å². The number of hydrogen-bond acceptors (Lipinski definition) is 4. The molecule has 1 heterocycles. The minimum atomic E-state index is -4.61. The molecule has 1 aliphatic carbocycles. The summed E-state index contributed by atoms with van der Waals surface area (Å²) in [6.07, 6.45) is -1.36. The summed E-state index contributed by atoms with van der Waals surface area (Å²) in [5.41, 5.74) is -0.0760. The lowest BCUT2D eigenvalue weighted by atomic mass is 9.82. The van der Waals surface area contributed by atoms with E-state index in [1.54, 1.807) is 0 Å². The van der Waals surface area contributed by atoms with E-state index < -0.39 is 35.4 Å². The van der Waals surface area contributed by atoms with Gasteiger partial charge < -0.3 is 19.9 Å². The third-order valence-corrected chi connectivity index (χ3v) is 5.83. The van der Waals surface area contributed by atoms with E-state index in [2.05, 4.69) is 17.0 Å². The van der Waals surface area contributed by atoms with Crippen molar-refractivity contribution in [2.45, 2.75) is 63.2 Å². The Morgan fingerprint density at radius 1 is 1.21 bits per heavy atom. The van der Waals surface area contributed by atoms with Gasteiger partial charge in [0.1, 0.15) is 5.82 Å². The Balaban J connectivity index is 1.66. The van der Waals surface area contributed by atoms with Crippen molar-refractivity contribution in [1.29, 1.82) is 0 Å². The van der Waals surface area contributed by atoms with Crippen LogP contribution in [-0.2, 0) is 9.53 Å². The van der Waals surface area contributed by atoms with Gasteiger partial charge in [-0.05, 0) is 56.6 Å². The summed E-state index contributed by atoms with van der Waals surface area (Å²) in [7, 11) is 0. The molecule has 1 aromatic carbocycles. The Bertz CT molecular complexity index is 737. The van der Waals surface area contributed by atoms with Gasteiger partial charge in [-0.3, -0.25) is 0 Å². The topological polar surface area (TPSA) is 67.8 Å². The van der Waals surface area contributed by atoms with E-state index >= 15 is 0 Å². The van der Waals surface area contributed by atoms with Gasteiger partial charge in [0.15, 0.2) is 11.6 Å². The molecule has 0 bridgehead atoms. The van der Waals surface area contributed by atoms with Crippen molar-refractivity contribution in [3.63, 3.8) is 0 Å². The van der Waals surface area contributed by atoms with Crippen LogP contribution in [-0.4, -0.2) is 42.5 Å². The maximum atomic E-state index is 14.1. The van der Waals surface area contributed by atoms with Crippen LogP contribution in [0.4, 0.5) is 17.6 Å². The van der Waals surface area contributed by atoms with Crippen LogP contribution in [0.3, 0.4) is 0 Å². The van der Waals surface area contributed by atoms with Gasteiger partial charge in [-0.1, -0.05) is 6.92 Å². The Morgan fingerprint density at radius 2 is 1.90 bits per heavy atom. The third kappa shape index (κ3) is 5.19. The first-order chi connectivity index (χ1) is 13.7. The second kappa shape index (κ2) is 8.87. The zero-order valence-corrected chi connectivity index (χ0v) is 16.1. The van der Waals surface area contributed by atoms with Gasteiger partial charge in [0, 0.05) is 17.7 Å². The summed E-state index contributed by atoms with van der Waals surface area (Å²) in [6, 6.07) is 1.65. The molecule has 3 rings (SSSR count). The number of carboxylic acid groups (broad SMARTS) is 1. The number of hydrogen-bond donors (Lipinski definition) is 2. The van der Waals surface area contributed by atoms with E-state index in [0.717, 1.165) is 19.0 Å². The average Bonchev–Trinajstić information content (AvgIpc) is 3.07. The van der Waals surface area contributed by atoms with E-state index in [9.17, 15) is 22.4 Å². The predicted molar refractivity (Wildman–Crippen MR) is 96.1 cm³/mol. The number of nitrogens with one attached hydrogen (secondary N) is 1. The normalized spacial score (nSPS) is 27.8. The summed E-state index contributed by atoms with van der Waals surface area (Å²) >= 11 is 0. The molecule has 0 unspecified atom stereocenters. The van der Waals surface area contributed by atoms with Crippen molar-refractivity contribution < 1.29 is 36.9 Å². The Kier molecular flexibility index (Phi) is 6.68. The molecule has 1 saturated carbocycles. The Morgan fingerprint density at radius 3 is 2.48 bits per heavy atom. The number of rotatable bonds is 7. The van der Waals surface area contributed by atoms with Gasteiger partial charge in [-0.15, -0.1) is 0 Å². The zero-order chi connectivity index (χ0) is 21.2. The van der Waals surface area contributed by atoms with E-state index in [0.29, 0.717) is 50.3 Å². The highest BCUT2D eigenvalue weighted by Gasteiger charge is 2.44. The van der Waals surface area contributed by atoms with Gasteiger partial charge in [-0.25, -0.2) is 13.6 Å². The fourth-order valence-corrected chi connectivity index (χ4v) is 4.07. The second-order valence-corrected chi connectivity index (χ2v) is 7.86. The molecule has 2 fully saturated rings. The number of aliphatic carboxylic acids is 1. The molecule has 162 valence electrons. The van der Waals surface area contributed by atoms with E-state index in [1.807, 2.05) is 0 Å². The molecule has 0 amide bonds. The molecule has 1 saturated heterocycles. The monoisotopic (exact) mass is 419 g/mol. The van der Waals surface area contributed by atoms with Crippen LogP contribution < -0.4 is 10.1 Å². The quantitative estimate of drug-likeness (QED) is 0.653. The molecule has 2 N–H and O–H groups in total. The van der Waals surface area contributed by atoms with E-state index in [-0.39, 0.29) is 11.7 Å². The van der Waals surface area contributed by atoms with Gasteiger partial charge in [0.25, 0.3) is 0 Å². The van der Waals surface area contributed by atoms with Crippen molar-refractivity contribution in [3.05, 3.63) is 29.3 Å². The fourth-order valence-electron chi connectivity index (χ4n) is 4.07. The number of carbonyl (C=O) groups is 1. The summed E-state index contributed by atoms with van der Waals surface area (Å²) in [4.78, 5) is 10.6. The molecule has 2 aliphatic rings. The molecule has 0 spiro atoms. The number of carboxylic acids is 1. The average molecular weight is 419 g/mol. The fraction of sp³-hybridized carbons (Fsp3) is 0.650. The highest BCUT2D eigenvalue weighted by Crippen LogP contribution is 2.41.